The summed E-state index contributed by atoms with van der Waals surface area (Å²) in [6.07, 6.45) is 0.255. The van der Waals surface area contributed by atoms with Gasteiger partial charge in [-0.1, -0.05) is 13.8 Å². The minimum atomic E-state index is -1.04. The molecule has 2 atom stereocenters. The van der Waals surface area contributed by atoms with E-state index >= 15 is 0 Å². The number of alkyl carbamates (subject to hydrolysis) is 1. The van der Waals surface area contributed by atoms with Gasteiger partial charge in [-0.05, 0) is 52.5 Å². The van der Waals surface area contributed by atoms with Crippen LogP contribution in [0.1, 0.15) is 53.9 Å². The molecular weight excluding hydrogens is 354 g/mol. The Balaban J connectivity index is 5.22. The molecule has 0 fully saturated rings. The van der Waals surface area contributed by atoms with Gasteiger partial charge in [0.05, 0.1) is 13.2 Å². The maximum absolute atomic E-state index is 12.6. The molecule has 156 valence electrons. The maximum atomic E-state index is 12.6. The van der Waals surface area contributed by atoms with Crippen molar-refractivity contribution in [3.8, 4) is 0 Å². The molecule has 0 saturated carbocycles. The molecule has 0 aliphatic carbocycles. The predicted octanol–water partition coefficient (Wildman–Crippen LogP) is 0.892. The van der Waals surface area contributed by atoms with E-state index in [1.165, 1.54) is 0 Å². The molecule has 0 radical (unpaired) electrons. The first kappa shape index (κ1) is 24.8. The third kappa shape index (κ3) is 10.5. The summed E-state index contributed by atoms with van der Waals surface area (Å²) >= 11 is 0. The van der Waals surface area contributed by atoms with E-state index in [1.54, 1.807) is 20.8 Å². The molecule has 0 aromatic carbocycles. The van der Waals surface area contributed by atoms with Gasteiger partial charge >= 0.3 is 12.1 Å². The first-order valence-corrected chi connectivity index (χ1v) is 9.03. The summed E-state index contributed by atoms with van der Waals surface area (Å²) in [5.74, 6) is -2.41. The van der Waals surface area contributed by atoms with E-state index in [0.717, 1.165) is 7.11 Å². The Morgan fingerprint density at radius 1 is 1.04 bits per heavy atom. The first-order chi connectivity index (χ1) is 12.4. The van der Waals surface area contributed by atoms with Crippen LogP contribution in [-0.2, 0) is 23.9 Å². The van der Waals surface area contributed by atoms with Crippen molar-refractivity contribution in [1.82, 2.24) is 10.6 Å². The Bertz CT molecular complexity index is 528. The molecule has 0 saturated heterocycles. The minimum absolute atomic E-state index is 0.0465. The number of esters is 1. The van der Waals surface area contributed by atoms with Gasteiger partial charge in [-0.3, -0.25) is 9.59 Å². The van der Waals surface area contributed by atoms with Gasteiger partial charge in [0, 0.05) is 0 Å². The fourth-order valence-corrected chi connectivity index (χ4v) is 2.26. The minimum Gasteiger partial charge on any atom is -0.463 e. The molecule has 9 heteroatoms. The quantitative estimate of drug-likeness (QED) is 0.374. The standard InChI is InChI=1S/C18H33N3O6/c1-11(2)10-13(14(22)16(24)26-6)20-15(23)12(8-7-9-19)21-17(25)27-18(3,4)5/h11-13H,7-10,19H2,1-6H3,(H,20,23)(H,21,25)/t12-,13-/m0/s1. The number of nitrogens with two attached hydrogens (primary N) is 1. The second-order valence-electron chi connectivity index (χ2n) is 7.68. The second kappa shape index (κ2) is 11.5. The lowest BCUT2D eigenvalue weighted by Crippen LogP contribution is -2.53. The number of hydrogen-bond donors (Lipinski definition) is 3. The molecule has 0 aromatic rings. The van der Waals surface area contributed by atoms with E-state index in [2.05, 4.69) is 15.4 Å². The van der Waals surface area contributed by atoms with Gasteiger partial charge in [0.15, 0.2) is 0 Å². The second-order valence-corrected chi connectivity index (χ2v) is 7.68. The molecular formula is C18H33N3O6. The van der Waals surface area contributed by atoms with Crippen molar-refractivity contribution in [3.05, 3.63) is 0 Å². The highest BCUT2D eigenvalue weighted by atomic mass is 16.6. The molecule has 27 heavy (non-hydrogen) atoms. The lowest BCUT2D eigenvalue weighted by atomic mass is 9.99. The lowest BCUT2D eigenvalue weighted by Gasteiger charge is -2.25. The van der Waals surface area contributed by atoms with E-state index < -0.39 is 41.4 Å². The van der Waals surface area contributed by atoms with Crippen LogP contribution in [0.2, 0.25) is 0 Å². The predicted molar refractivity (Wildman–Crippen MR) is 99.9 cm³/mol. The molecule has 4 N–H and O–H groups in total. The van der Waals surface area contributed by atoms with Crippen molar-refractivity contribution in [1.29, 1.82) is 0 Å². The van der Waals surface area contributed by atoms with Gasteiger partial charge < -0.3 is 25.8 Å². The first-order valence-electron chi connectivity index (χ1n) is 9.03. The third-order valence-corrected chi connectivity index (χ3v) is 3.43. The van der Waals surface area contributed by atoms with E-state index in [9.17, 15) is 19.2 Å². The van der Waals surface area contributed by atoms with Crippen LogP contribution in [0.15, 0.2) is 0 Å². The van der Waals surface area contributed by atoms with Crippen molar-refractivity contribution < 1.29 is 28.7 Å². The van der Waals surface area contributed by atoms with Crippen LogP contribution < -0.4 is 16.4 Å². The molecule has 0 aromatic heterocycles. The summed E-state index contributed by atoms with van der Waals surface area (Å²) in [6, 6.07) is -1.98. The normalized spacial score (nSPS) is 13.5. The SMILES string of the molecule is COC(=O)C(=O)[C@H](CC(C)C)NC(=O)[C@H](CCCN)NC(=O)OC(C)(C)C. The summed E-state index contributed by atoms with van der Waals surface area (Å²) in [5, 5.41) is 5.03. The van der Waals surface area contributed by atoms with Crippen molar-refractivity contribution in [2.24, 2.45) is 11.7 Å². The molecule has 0 heterocycles. The number of nitrogens with one attached hydrogen (secondary N) is 2. The number of rotatable bonds is 10. The van der Waals surface area contributed by atoms with Crippen molar-refractivity contribution in [2.45, 2.75) is 71.6 Å². The van der Waals surface area contributed by atoms with E-state index in [-0.39, 0.29) is 18.8 Å². The summed E-state index contributed by atoms with van der Waals surface area (Å²) in [7, 11) is 1.10. The monoisotopic (exact) mass is 387 g/mol. The molecule has 0 aliphatic heterocycles. The number of ether oxygens (including phenoxy) is 2. The zero-order valence-electron chi connectivity index (χ0n) is 17.1. The number of carbonyl (C=O) groups is 4. The largest absolute Gasteiger partial charge is 0.463 e. The molecule has 9 nitrogen and oxygen atoms in total. The van der Waals surface area contributed by atoms with Crippen LogP contribution in [0, 0.1) is 5.92 Å². The molecule has 2 amide bonds. The van der Waals surface area contributed by atoms with Crippen molar-refractivity contribution in [3.63, 3.8) is 0 Å². The lowest BCUT2D eigenvalue weighted by molar-refractivity contribution is -0.153. The van der Waals surface area contributed by atoms with E-state index in [0.29, 0.717) is 13.0 Å². The molecule has 0 spiro atoms. The maximum Gasteiger partial charge on any atom is 0.408 e. The summed E-state index contributed by atoms with van der Waals surface area (Å²) in [5.41, 5.74) is 4.77. The Labute approximate surface area is 160 Å². The Morgan fingerprint density at radius 3 is 2.07 bits per heavy atom. The Kier molecular flexibility index (Phi) is 10.6. The zero-order chi connectivity index (χ0) is 21.2. The Morgan fingerprint density at radius 2 is 1.63 bits per heavy atom. The van der Waals surface area contributed by atoms with Crippen molar-refractivity contribution >= 4 is 23.8 Å². The molecule has 0 bridgehead atoms. The van der Waals surface area contributed by atoms with Crippen molar-refractivity contribution in [2.75, 3.05) is 13.7 Å². The van der Waals surface area contributed by atoms with Gasteiger partial charge in [0.2, 0.25) is 5.91 Å². The number of Topliss-reactive ketones (excluding diaryl/α,β-unsaturated/α-hetero) is 1. The van der Waals surface area contributed by atoms with Gasteiger partial charge in [-0.25, -0.2) is 9.59 Å². The fraction of sp³-hybridized carbons (Fsp3) is 0.778. The van der Waals surface area contributed by atoms with E-state index in [4.69, 9.17) is 10.5 Å². The van der Waals surface area contributed by atoms with Crippen LogP contribution in [0.3, 0.4) is 0 Å². The van der Waals surface area contributed by atoms with Gasteiger partial charge in [-0.15, -0.1) is 0 Å². The zero-order valence-corrected chi connectivity index (χ0v) is 17.1. The molecule has 0 rings (SSSR count). The van der Waals surface area contributed by atoms with Gasteiger partial charge in [0.1, 0.15) is 11.6 Å². The summed E-state index contributed by atoms with van der Waals surface area (Å²) < 4.78 is 9.62. The highest BCUT2D eigenvalue weighted by molar-refractivity contribution is 6.36. The van der Waals surface area contributed by atoms with Gasteiger partial charge in [0.25, 0.3) is 5.78 Å². The van der Waals surface area contributed by atoms with Crippen LogP contribution in [0.5, 0.6) is 0 Å². The highest BCUT2D eigenvalue weighted by Gasteiger charge is 2.31. The average Bonchev–Trinajstić information content (AvgIpc) is 2.54. The average molecular weight is 387 g/mol. The number of ketones is 1. The van der Waals surface area contributed by atoms with Crippen LogP contribution in [0.4, 0.5) is 4.79 Å². The number of carbonyl (C=O) groups excluding carboxylic acids is 4. The number of methoxy groups -OCH3 is 1. The fourth-order valence-electron chi connectivity index (χ4n) is 2.26. The van der Waals surface area contributed by atoms with E-state index in [1.807, 2.05) is 13.8 Å². The third-order valence-electron chi connectivity index (χ3n) is 3.43. The Hall–Kier alpha value is -2.16. The summed E-state index contributed by atoms with van der Waals surface area (Å²) in [6.45, 7) is 9.15. The smallest absolute Gasteiger partial charge is 0.408 e. The van der Waals surface area contributed by atoms with Gasteiger partial charge in [-0.2, -0.15) is 0 Å². The number of amides is 2. The topological polar surface area (TPSA) is 137 Å². The highest BCUT2D eigenvalue weighted by Crippen LogP contribution is 2.10. The molecule has 0 aliphatic rings. The van der Waals surface area contributed by atoms with Crippen LogP contribution in [0.25, 0.3) is 0 Å². The number of hydrogen-bond acceptors (Lipinski definition) is 7. The summed E-state index contributed by atoms with van der Waals surface area (Å²) in [4.78, 5) is 48.4. The van der Waals surface area contributed by atoms with Crippen LogP contribution in [-0.4, -0.2) is 55.1 Å². The van der Waals surface area contributed by atoms with Crippen LogP contribution >= 0.6 is 0 Å². The molecule has 0 unspecified atom stereocenters.